The maximum atomic E-state index is 12.9. The van der Waals surface area contributed by atoms with Crippen molar-refractivity contribution in [2.24, 2.45) is 5.92 Å². The summed E-state index contributed by atoms with van der Waals surface area (Å²) >= 11 is 0. The third-order valence-corrected chi connectivity index (χ3v) is 2.50. The van der Waals surface area contributed by atoms with Crippen LogP contribution >= 0.6 is 0 Å². The summed E-state index contributed by atoms with van der Waals surface area (Å²) in [5.74, 6) is -0.415. The minimum absolute atomic E-state index is 0.125. The van der Waals surface area contributed by atoms with Crippen LogP contribution in [0.1, 0.15) is 25.0 Å². The van der Waals surface area contributed by atoms with Gasteiger partial charge in [0.15, 0.2) is 0 Å². The molecule has 0 fully saturated rings. The predicted octanol–water partition coefficient (Wildman–Crippen LogP) is 3.63. The van der Waals surface area contributed by atoms with Gasteiger partial charge in [0.2, 0.25) is 0 Å². The van der Waals surface area contributed by atoms with Crippen molar-refractivity contribution in [1.82, 2.24) is 5.32 Å². The van der Waals surface area contributed by atoms with E-state index in [1.54, 1.807) is 0 Å². The normalized spacial score (nSPS) is 12.2. The number of rotatable bonds is 5. The van der Waals surface area contributed by atoms with E-state index in [0.29, 0.717) is 18.5 Å². The number of hydrogen-bond donors (Lipinski definition) is 1. The van der Waals surface area contributed by atoms with Gasteiger partial charge < -0.3 is 5.32 Å². The van der Waals surface area contributed by atoms with Gasteiger partial charge in [-0.25, -0.2) is 4.39 Å². The molecule has 0 saturated carbocycles. The lowest BCUT2D eigenvalue weighted by molar-refractivity contribution is -0.138. The highest BCUT2D eigenvalue weighted by molar-refractivity contribution is 5.30. The Hall–Kier alpha value is -1.10. The Labute approximate surface area is 104 Å². The maximum absolute atomic E-state index is 12.9. The van der Waals surface area contributed by atoms with Crippen LogP contribution in [0.25, 0.3) is 0 Å². The van der Waals surface area contributed by atoms with Crippen LogP contribution in [-0.2, 0) is 12.6 Å². The van der Waals surface area contributed by atoms with Gasteiger partial charge >= 0.3 is 6.18 Å². The fraction of sp³-hybridized carbons (Fsp3) is 0.538. The molecule has 0 aliphatic carbocycles. The quantitative estimate of drug-likeness (QED) is 0.632. The predicted molar refractivity (Wildman–Crippen MR) is 62.8 cm³/mol. The fourth-order valence-electron chi connectivity index (χ4n) is 1.64. The second-order valence-electron chi connectivity index (χ2n) is 4.65. The van der Waals surface area contributed by atoms with Gasteiger partial charge in [0.05, 0.1) is 5.56 Å². The van der Waals surface area contributed by atoms with E-state index in [1.165, 1.54) is 6.07 Å². The van der Waals surface area contributed by atoms with Crippen LogP contribution in [0.4, 0.5) is 17.6 Å². The van der Waals surface area contributed by atoms with E-state index in [9.17, 15) is 17.6 Å². The summed E-state index contributed by atoms with van der Waals surface area (Å²) in [6.07, 6.45) is -4.27. The molecule has 1 aromatic carbocycles. The Balaban J connectivity index is 2.70. The van der Waals surface area contributed by atoms with Crippen LogP contribution in [-0.4, -0.2) is 13.1 Å². The second kappa shape index (κ2) is 6.18. The zero-order chi connectivity index (χ0) is 13.8. The molecule has 0 heterocycles. The summed E-state index contributed by atoms with van der Waals surface area (Å²) in [7, 11) is 0. The summed E-state index contributed by atoms with van der Waals surface area (Å²) in [6.45, 7) is 5.24. The molecule has 1 N–H and O–H groups in total. The van der Waals surface area contributed by atoms with Gasteiger partial charge in [0.1, 0.15) is 5.82 Å². The first kappa shape index (κ1) is 15.0. The molecule has 0 spiro atoms. The number of hydrogen-bond acceptors (Lipinski definition) is 1. The molecule has 0 aliphatic rings. The smallest absolute Gasteiger partial charge is 0.316 e. The first-order chi connectivity index (χ1) is 8.30. The van der Waals surface area contributed by atoms with Crippen LogP contribution in [0.5, 0.6) is 0 Å². The molecule has 0 aliphatic heterocycles. The number of alkyl halides is 3. The average molecular weight is 263 g/mol. The molecule has 1 aromatic rings. The SMILES string of the molecule is CC(C)CNCCc1ccc(F)cc1C(F)(F)F. The first-order valence-corrected chi connectivity index (χ1v) is 5.87. The molecule has 0 amide bonds. The summed E-state index contributed by atoms with van der Waals surface area (Å²) in [5.41, 5.74) is -0.756. The molecule has 0 aromatic heterocycles. The van der Waals surface area contributed by atoms with Crippen LogP contribution in [0.2, 0.25) is 0 Å². The van der Waals surface area contributed by atoms with E-state index < -0.39 is 17.6 Å². The molecule has 0 unspecified atom stereocenters. The average Bonchev–Trinajstić information content (AvgIpc) is 2.24. The Bertz CT molecular complexity index is 385. The number of halogens is 4. The van der Waals surface area contributed by atoms with Crippen LogP contribution in [0.3, 0.4) is 0 Å². The Morgan fingerprint density at radius 1 is 1.22 bits per heavy atom. The van der Waals surface area contributed by atoms with Gasteiger partial charge in [0, 0.05) is 0 Å². The van der Waals surface area contributed by atoms with E-state index in [1.807, 2.05) is 13.8 Å². The highest BCUT2D eigenvalue weighted by Gasteiger charge is 2.33. The van der Waals surface area contributed by atoms with Crippen molar-refractivity contribution in [2.75, 3.05) is 13.1 Å². The maximum Gasteiger partial charge on any atom is 0.416 e. The molecule has 1 rings (SSSR count). The summed E-state index contributed by atoms with van der Waals surface area (Å²) in [5, 5.41) is 3.07. The largest absolute Gasteiger partial charge is 0.416 e. The van der Waals surface area contributed by atoms with E-state index >= 15 is 0 Å². The van der Waals surface area contributed by atoms with E-state index in [2.05, 4.69) is 5.32 Å². The van der Waals surface area contributed by atoms with E-state index in [4.69, 9.17) is 0 Å². The highest BCUT2D eigenvalue weighted by atomic mass is 19.4. The summed E-state index contributed by atoms with van der Waals surface area (Å²) < 4.78 is 50.9. The zero-order valence-corrected chi connectivity index (χ0v) is 10.4. The van der Waals surface area contributed by atoms with Gasteiger partial charge in [0.25, 0.3) is 0 Å². The molecule has 1 nitrogen and oxygen atoms in total. The first-order valence-electron chi connectivity index (χ1n) is 5.87. The lowest BCUT2D eigenvalue weighted by atomic mass is 10.0. The monoisotopic (exact) mass is 263 g/mol. The van der Waals surface area contributed by atoms with Crippen molar-refractivity contribution in [3.8, 4) is 0 Å². The van der Waals surface area contributed by atoms with Crippen molar-refractivity contribution < 1.29 is 17.6 Å². The van der Waals surface area contributed by atoms with Crippen LogP contribution < -0.4 is 5.32 Å². The lowest BCUT2D eigenvalue weighted by Crippen LogP contribution is -2.23. The molecule has 0 atom stereocenters. The van der Waals surface area contributed by atoms with Crippen molar-refractivity contribution in [2.45, 2.75) is 26.4 Å². The van der Waals surface area contributed by atoms with Crippen LogP contribution in [0.15, 0.2) is 18.2 Å². The van der Waals surface area contributed by atoms with Gasteiger partial charge in [-0.1, -0.05) is 19.9 Å². The Morgan fingerprint density at radius 3 is 2.44 bits per heavy atom. The van der Waals surface area contributed by atoms with Gasteiger partial charge in [-0.2, -0.15) is 13.2 Å². The molecule has 0 bridgehead atoms. The molecular weight excluding hydrogens is 246 g/mol. The molecule has 102 valence electrons. The fourth-order valence-corrected chi connectivity index (χ4v) is 1.64. The third-order valence-electron chi connectivity index (χ3n) is 2.50. The van der Waals surface area contributed by atoms with Gasteiger partial charge in [-0.15, -0.1) is 0 Å². The Morgan fingerprint density at radius 2 is 1.89 bits per heavy atom. The van der Waals surface area contributed by atoms with Gasteiger partial charge in [-0.3, -0.25) is 0 Å². The Kier molecular flexibility index (Phi) is 5.14. The summed E-state index contributed by atoms with van der Waals surface area (Å²) in [4.78, 5) is 0. The zero-order valence-electron chi connectivity index (χ0n) is 10.4. The molecule has 0 saturated heterocycles. The minimum Gasteiger partial charge on any atom is -0.316 e. The van der Waals surface area contributed by atoms with E-state index in [0.717, 1.165) is 12.6 Å². The van der Waals surface area contributed by atoms with Crippen molar-refractivity contribution >= 4 is 0 Å². The van der Waals surface area contributed by atoms with Crippen molar-refractivity contribution in [3.05, 3.63) is 35.1 Å². The van der Waals surface area contributed by atoms with Crippen molar-refractivity contribution in [3.63, 3.8) is 0 Å². The minimum atomic E-state index is -4.50. The number of nitrogens with one attached hydrogen (secondary N) is 1. The third kappa shape index (κ3) is 4.64. The lowest BCUT2D eigenvalue weighted by Gasteiger charge is -2.13. The highest BCUT2D eigenvalue weighted by Crippen LogP contribution is 2.32. The molecule has 0 radical (unpaired) electrons. The summed E-state index contributed by atoms with van der Waals surface area (Å²) in [6, 6.07) is 2.82. The van der Waals surface area contributed by atoms with Gasteiger partial charge in [-0.05, 0) is 43.1 Å². The molecule has 18 heavy (non-hydrogen) atoms. The molecule has 5 heteroatoms. The van der Waals surface area contributed by atoms with Crippen LogP contribution in [0, 0.1) is 11.7 Å². The number of benzene rings is 1. The topological polar surface area (TPSA) is 12.0 Å². The standard InChI is InChI=1S/C13H17F4N/c1-9(2)8-18-6-5-10-3-4-11(14)7-12(10)13(15,16)17/h3-4,7,9,18H,5-6,8H2,1-2H3. The second-order valence-corrected chi connectivity index (χ2v) is 4.65. The molecular formula is C13H17F4N. The van der Waals surface area contributed by atoms with E-state index in [-0.39, 0.29) is 12.0 Å². The van der Waals surface area contributed by atoms with Crippen molar-refractivity contribution in [1.29, 1.82) is 0 Å².